The fourth-order valence-corrected chi connectivity index (χ4v) is 2.89. The second-order valence-electron chi connectivity index (χ2n) is 5.69. The first kappa shape index (κ1) is 15.0. The Morgan fingerprint density at radius 3 is 2.60 bits per heavy atom. The Labute approximate surface area is 119 Å². The quantitative estimate of drug-likeness (QED) is 0.842. The lowest BCUT2D eigenvalue weighted by atomic mass is 9.72. The number of nitrogens with two attached hydrogens (primary N) is 1. The van der Waals surface area contributed by atoms with E-state index in [1.165, 1.54) is 12.5 Å². The van der Waals surface area contributed by atoms with E-state index in [0.29, 0.717) is 18.5 Å². The summed E-state index contributed by atoms with van der Waals surface area (Å²) in [5.41, 5.74) is 6.15. The Hall–Kier alpha value is -1.42. The zero-order valence-electron chi connectivity index (χ0n) is 11.7. The first-order valence-electron chi connectivity index (χ1n) is 7.24. The molecule has 20 heavy (non-hydrogen) atoms. The number of halogens is 1. The van der Waals surface area contributed by atoms with E-state index in [2.05, 4.69) is 0 Å². The largest absolute Gasteiger partial charge is 0.461 e. The molecule has 1 saturated carbocycles. The smallest absolute Gasteiger partial charge is 0.306 e. The molecule has 1 aliphatic carbocycles. The number of carbonyl (C=O) groups is 1. The van der Waals surface area contributed by atoms with Crippen LogP contribution in [0.1, 0.15) is 44.1 Å². The van der Waals surface area contributed by atoms with Crippen LogP contribution in [0, 0.1) is 11.2 Å². The molecular weight excluding hydrogens is 257 g/mol. The molecule has 3 nitrogen and oxygen atoms in total. The molecule has 0 radical (unpaired) electrons. The fourth-order valence-electron chi connectivity index (χ4n) is 2.89. The van der Waals surface area contributed by atoms with Gasteiger partial charge in [0.1, 0.15) is 12.4 Å². The molecule has 0 aromatic heterocycles. The fraction of sp³-hybridized carbons (Fsp3) is 0.562. The minimum Gasteiger partial charge on any atom is -0.461 e. The normalized spacial score (nSPS) is 17.7. The van der Waals surface area contributed by atoms with Gasteiger partial charge >= 0.3 is 5.97 Å². The highest BCUT2D eigenvalue weighted by atomic mass is 19.1. The van der Waals surface area contributed by atoms with Crippen molar-refractivity contribution in [2.75, 3.05) is 6.54 Å². The summed E-state index contributed by atoms with van der Waals surface area (Å²) in [5, 5.41) is 0. The van der Waals surface area contributed by atoms with Gasteiger partial charge in [-0.2, -0.15) is 0 Å². The first-order chi connectivity index (χ1) is 9.65. The van der Waals surface area contributed by atoms with E-state index >= 15 is 0 Å². The van der Waals surface area contributed by atoms with E-state index < -0.39 is 0 Å². The first-order valence-corrected chi connectivity index (χ1v) is 7.24. The van der Waals surface area contributed by atoms with Crippen molar-refractivity contribution in [1.82, 2.24) is 0 Å². The van der Waals surface area contributed by atoms with Crippen LogP contribution < -0.4 is 5.73 Å². The van der Waals surface area contributed by atoms with E-state index in [4.69, 9.17) is 10.5 Å². The predicted molar refractivity (Wildman–Crippen MR) is 75.4 cm³/mol. The summed E-state index contributed by atoms with van der Waals surface area (Å²) in [6.07, 6.45) is 5.77. The molecule has 1 aliphatic rings. The van der Waals surface area contributed by atoms with Gasteiger partial charge in [0.25, 0.3) is 0 Å². The number of benzene rings is 1. The van der Waals surface area contributed by atoms with Gasteiger partial charge in [0, 0.05) is 5.56 Å². The maximum Gasteiger partial charge on any atom is 0.306 e. The van der Waals surface area contributed by atoms with Crippen LogP contribution in [0.5, 0.6) is 0 Å². The van der Waals surface area contributed by atoms with Crippen molar-refractivity contribution < 1.29 is 13.9 Å². The van der Waals surface area contributed by atoms with Gasteiger partial charge < -0.3 is 10.5 Å². The molecule has 2 rings (SSSR count). The number of rotatable bonds is 5. The number of hydrogen-bond donors (Lipinski definition) is 1. The zero-order valence-corrected chi connectivity index (χ0v) is 11.7. The van der Waals surface area contributed by atoms with Crippen LogP contribution in [0.15, 0.2) is 24.3 Å². The highest BCUT2D eigenvalue weighted by Gasteiger charge is 2.33. The maximum absolute atomic E-state index is 13.4. The van der Waals surface area contributed by atoms with Crippen LogP contribution in [0.2, 0.25) is 0 Å². The number of esters is 1. The van der Waals surface area contributed by atoms with Crippen LogP contribution in [0.4, 0.5) is 4.39 Å². The van der Waals surface area contributed by atoms with Gasteiger partial charge in [0.2, 0.25) is 0 Å². The van der Waals surface area contributed by atoms with Gasteiger partial charge in [-0.3, -0.25) is 4.79 Å². The van der Waals surface area contributed by atoms with Crippen LogP contribution in [0.3, 0.4) is 0 Å². The average molecular weight is 279 g/mol. The molecule has 0 bridgehead atoms. The summed E-state index contributed by atoms with van der Waals surface area (Å²) in [5.74, 6) is -0.618. The second-order valence-corrected chi connectivity index (χ2v) is 5.69. The summed E-state index contributed by atoms with van der Waals surface area (Å²) in [4.78, 5) is 12.0. The predicted octanol–water partition coefficient (Wildman–Crippen LogP) is 3.17. The van der Waals surface area contributed by atoms with Gasteiger partial charge in [0.05, 0.1) is 6.42 Å². The number of hydrogen-bond acceptors (Lipinski definition) is 3. The van der Waals surface area contributed by atoms with Crippen LogP contribution in [-0.4, -0.2) is 12.5 Å². The second kappa shape index (κ2) is 6.84. The monoisotopic (exact) mass is 279 g/mol. The molecular formula is C16H22FNO2. The Morgan fingerprint density at radius 2 is 1.95 bits per heavy atom. The lowest BCUT2D eigenvalue weighted by Crippen LogP contribution is -2.35. The van der Waals surface area contributed by atoms with E-state index in [9.17, 15) is 9.18 Å². The number of carbonyl (C=O) groups excluding carboxylic acids is 1. The van der Waals surface area contributed by atoms with Crippen molar-refractivity contribution in [3.8, 4) is 0 Å². The van der Waals surface area contributed by atoms with Crippen molar-refractivity contribution in [2.45, 2.75) is 45.1 Å². The van der Waals surface area contributed by atoms with E-state index in [0.717, 1.165) is 25.7 Å². The molecule has 0 aliphatic heterocycles. The lowest BCUT2D eigenvalue weighted by molar-refractivity contribution is -0.148. The van der Waals surface area contributed by atoms with Gasteiger partial charge in [-0.15, -0.1) is 0 Å². The van der Waals surface area contributed by atoms with Crippen LogP contribution in [0.25, 0.3) is 0 Å². The minimum absolute atomic E-state index is 0.00778. The summed E-state index contributed by atoms with van der Waals surface area (Å²) in [6, 6.07) is 6.34. The molecule has 110 valence electrons. The highest BCUT2D eigenvalue weighted by molar-refractivity contribution is 5.70. The molecule has 1 aromatic carbocycles. The van der Waals surface area contributed by atoms with Crippen LogP contribution in [-0.2, 0) is 16.1 Å². The summed E-state index contributed by atoms with van der Waals surface area (Å²) < 4.78 is 18.6. The maximum atomic E-state index is 13.4. The molecule has 2 N–H and O–H groups in total. The van der Waals surface area contributed by atoms with Crippen LogP contribution >= 0.6 is 0 Å². The highest BCUT2D eigenvalue weighted by Crippen LogP contribution is 2.38. The van der Waals surface area contributed by atoms with E-state index in [1.54, 1.807) is 18.2 Å². The molecule has 0 saturated heterocycles. The van der Waals surface area contributed by atoms with E-state index in [1.807, 2.05) is 0 Å². The zero-order chi connectivity index (χ0) is 14.4. The van der Waals surface area contributed by atoms with Gasteiger partial charge in [-0.1, -0.05) is 37.5 Å². The third-order valence-electron chi connectivity index (χ3n) is 4.21. The van der Waals surface area contributed by atoms with Crippen molar-refractivity contribution in [2.24, 2.45) is 11.1 Å². The third-order valence-corrected chi connectivity index (χ3v) is 4.21. The molecule has 4 heteroatoms. The molecule has 0 amide bonds. The molecule has 0 atom stereocenters. The minimum atomic E-state index is -0.341. The number of ether oxygens (including phenoxy) is 1. The van der Waals surface area contributed by atoms with Gasteiger partial charge in [-0.05, 0) is 30.9 Å². The van der Waals surface area contributed by atoms with Crippen molar-refractivity contribution in [1.29, 1.82) is 0 Å². The molecule has 0 spiro atoms. The molecule has 0 unspecified atom stereocenters. The Balaban J connectivity index is 1.87. The SMILES string of the molecule is NCC1(CC(=O)OCc2ccccc2F)CCCCC1. The Kier molecular flexibility index (Phi) is 5.12. The lowest BCUT2D eigenvalue weighted by Gasteiger charge is -2.35. The third kappa shape index (κ3) is 3.79. The van der Waals surface area contributed by atoms with Gasteiger partial charge in [0.15, 0.2) is 0 Å². The molecule has 1 fully saturated rings. The topological polar surface area (TPSA) is 52.3 Å². The Morgan fingerprint density at radius 1 is 1.25 bits per heavy atom. The van der Waals surface area contributed by atoms with Crippen molar-refractivity contribution in [3.63, 3.8) is 0 Å². The summed E-state index contributed by atoms with van der Waals surface area (Å²) in [6.45, 7) is 0.508. The van der Waals surface area contributed by atoms with Crippen molar-refractivity contribution >= 4 is 5.97 Å². The van der Waals surface area contributed by atoms with Crippen molar-refractivity contribution in [3.05, 3.63) is 35.6 Å². The van der Waals surface area contributed by atoms with E-state index in [-0.39, 0.29) is 23.8 Å². The summed E-state index contributed by atoms with van der Waals surface area (Å²) in [7, 11) is 0. The summed E-state index contributed by atoms with van der Waals surface area (Å²) >= 11 is 0. The average Bonchev–Trinajstić information content (AvgIpc) is 2.47. The molecule has 0 heterocycles. The Bertz CT molecular complexity index is 456. The standard InChI is InChI=1S/C16H22FNO2/c17-14-7-3-2-6-13(14)11-20-15(19)10-16(12-18)8-4-1-5-9-16/h2-3,6-7H,1,4-5,8-12,18H2. The van der Waals surface area contributed by atoms with Gasteiger partial charge in [-0.25, -0.2) is 4.39 Å². The molecule has 1 aromatic rings.